The normalized spacial score (nSPS) is 18.5. The molecule has 1 aliphatic rings. The summed E-state index contributed by atoms with van der Waals surface area (Å²) in [5.74, 6) is 0.375. The van der Waals surface area contributed by atoms with Crippen molar-refractivity contribution < 1.29 is 9.59 Å². The third kappa shape index (κ3) is 8.02. The molecule has 0 aromatic carbocycles. The van der Waals surface area contributed by atoms with Crippen molar-refractivity contribution in [2.24, 2.45) is 5.92 Å². The minimum Gasteiger partial charge on any atom is -0.338 e. The molecule has 6 heteroatoms. The molecule has 0 aliphatic carbocycles. The monoisotopic (exact) mass is 298 g/mol. The number of carbonyl (C=O) groups excluding carboxylic acids is 2. The highest BCUT2D eigenvalue weighted by Gasteiger charge is 2.18. The van der Waals surface area contributed by atoms with Crippen LogP contribution < -0.4 is 16.0 Å². The van der Waals surface area contributed by atoms with Gasteiger partial charge in [0.1, 0.15) is 0 Å². The predicted octanol–water partition coefficient (Wildman–Crippen LogP) is 0.934. The lowest BCUT2D eigenvalue weighted by molar-refractivity contribution is -0.121. The fraction of sp³-hybridized carbons (Fsp3) is 0.867. The van der Waals surface area contributed by atoms with Crippen LogP contribution in [-0.4, -0.2) is 56.1 Å². The lowest BCUT2D eigenvalue weighted by Crippen LogP contribution is -2.46. The molecule has 0 saturated carbocycles. The zero-order valence-electron chi connectivity index (χ0n) is 13.4. The fourth-order valence-electron chi connectivity index (χ4n) is 2.54. The zero-order valence-corrected chi connectivity index (χ0v) is 13.4. The van der Waals surface area contributed by atoms with Gasteiger partial charge in [-0.3, -0.25) is 15.0 Å². The van der Waals surface area contributed by atoms with E-state index in [0.717, 1.165) is 39.0 Å². The molecule has 0 radical (unpaired) electrons. The van der Waals surface area contributed by atoms with E-state index in [1.807, 2.05) is 6.92 Å². The molecule has 0 bridgehead atoms. The Hall–Kier alpha value is -1.14. The van der Waals surface area contributed by atoms with Gasteiger partial charge >= 0.3 is 6.03 Å². The summed E-state index contributed by atoms with van der Waals surface area (Å²) in [7, 11) is 0. The third-order valence-electron chi connectivity index (χ3n) is 3.80. The van der Waals surface area contributed by atoms with E-state index in [9.17, 15) is 9.59 Å². The van der Waals surface area contributed by atoms with E-state index in [1.54, 1.807) is 0 Å². The van der Waals surface area contributed by atoms with Crippen molar-refractivity contribution in [2.45, 2.75) is 39.5 Å². The Kier molecular flexibility index (Phi) is 9.01. The van der Waals surface area contributed by atoms with E-state index in [1.165, 1.54) is 12.8 Å². The molecule has 21 heavy (non-hydrogen) atoms. The maximum Gasteiger partial charge on any atom is 0.321 e. The van der Waals surface area contributed by atoms with Crippen molar-refractivity contribution in [1.82, 2.24) is 20.9 Å². The van der Waals surface area contributed by atoms with E-state index < -0.39 is 0 Å². The topological polar surface area (TPSA) is 73.5 Å². The number of hydrogen-bond acceptors (Lipinski definition) is 4. The summed E-state index contributed by atoms with van der Waals surface area (Å²) in [5.41, 5.74) is 0. The first-order chi connectivity index (χ1) is 10.2. The second kappa shape index (κ2) is 10.6. The van der Waals surface area contributed by atoms with Crippen molar-refractivity contribution in [2.75, 3.05) is 39.3 Å². The lowest BCUT2D eigenvalue weighted by Gasteiger charge is -2.28. The Balaban J connectivity index is 2.24. The molecule has 1 rings (SSSR count). The summed E-state index contributed by atoms with van der Waals surface area (Å²) >= 11 is 0. The first-order valence-corrected chi connectivity index (χ1v) is 8.16. The molecule has 3 amide bonds. The van der Waals surface area contributed by atoms with Crippen LogP contribution in [0.1, 0.15) is 39.5 Å². The van der Waals surface area contributed by atoms with Gasteiger partial charge in [-0.2, -0.15) is 0 Å². The van der Waals surface area contributed by atoms with Crippen molar-refractivity contribution in [3.63, 3.8) is 0 Å². The minimum absolute atomic E-state index is 0.227. The zero-order chi connectivity index (χ0) is 15.5. The van der Waals surface area contributed by atoms with E-state index in [-0.39, 0.29) is 18.5 Å². The Morgan fingerprint density at radius 3 is 2.76 bits per heavy atom. The van der Waals surface area contributed by atoms with Gasteiger partial charge in [0, 0.05) is 13.1 Å². The van der Waals surface area contributed by atoms with Crippen LogP contribution >= 0.6 is 0 Å². The average Bonchev–Trinajstić information content (AvgIpc) is 2.47. The lowest BCUT2D eigenvalue weighted by atomic mass is 9.99. The van der Waals surface area contributed by atoms with Gasteiger partial charge < -0.3 is 10.6 Å². The maximum atomic E-state index is 11.9. The molecule has 1 saturated heterocycles. The number of carbonyl (C=O) groups is 2. The summed E-state index contributed by atoms with van der Waals surface area (Å²) in [6, 6.07) is -0.385. The Bertz CT molecular complexity index is 317. The van der Waals surface area contributed by atoms with Gasteiger partial charge in [0.05, 0.1) is 6.54 Å². The van der Waals surface area contributed by atoms with Gasteiger partial charge in [0.25, 0.3) is 0 Å². The van der Waals surface area contributed by atoms with Crippen molar-refractivity contribution in [3.05, 3.63) is 0 Å². The molecular weight excluding hydrogens is 268 g/mol. The minimum atomic E-state index is -0.385. The molecule has 1 fully saturated rings. The molecular formula is C15H30N4O2. The molecule has 0 aromatic rings. The molecule has 1 aliphatic heterocycles. The first kappa shape index (κ1) is 17.9. The molecule has 6 nitrogen and oxygen atoms in total. The van der Waals surface area contributed by atoms with Gasteiger partial charge in [-0.05, 0) is 44.8 Å². The molecule has 1 atom stereocenters. The molecule has 0 spiro atoms. The highest BCUT2D eigenvalue weighted by molar-refractivity contribution is 5.95. The number of piperidine rings is 1. The molecule has 3 N–H and O–H groups in total. The van der Waals surface area contributed by atoms with Crippen molar-refractivity contribution >= 4 is 11.9 Å². The van der Waals surface area contributed by atoms with E-state index in [4.69, 9.17) is 0 Å². The van der Waals surface area contributed by atoms with Crippen molar-refractivity contribution in [1.29, 1.82) is 0 Å². The molecule has 1 unspecified atom stereocenters. The van der Waals surface area contributed by atoms with Gasteiger partial charge in [-0.15, -0.1) is 0 Å². The number of urea groups is 1. The van der Waals surface area contributed by atoms with Gasteiger partial charge in [-0.1, -0.05) is 20.3 Å². The molecule has 122 valence electrons. The Morgan fingerprint density at radius 2 is 2.14 bits per heavy atom. The number of nitrogens with one attached hydrogen (secondary N) is 3. The first-order valence-electron chi connectivity index (χ1n) is 8.16. The highest BCUT2D eigenvalue weighted by atomic mass is 16.2. The number of nitrogens with zero attached hydrogens (tertiary/aromatic N) is 1. The van der Waals surface area contributed by atoms with Crippen LogP contribution in [0, 0.1) is 5.92 Å². The van der Waals surface area contributed by atoms with Gasteiger partial charge in [0.15, 0.2) is 0 Å². The van der Waals surface area contributed by atoms with Crippen LogP contribution in [0.2, 0.25) is 0 Å². The average molecular weight is 298 g/mol. The molecule has 0 aromatic heterocycles. The highest BCUT2D eigenvalue weighted by Crippen LogP contribution is 2.11. The van der Waals surface area contributed by atoms with Crippen LogP contribution in [-0.2, 0) is 4.79 Å². The van der Waals surface area contributed by atoms with Gasteiger partial charge in [0.2, 0.25) is 5.91 Å². The van der Waals surface area contributed by atoms with Crippen LogP contribution in [0.5, 0.6) is 0 Å². The number of amides is 3. The predicted molar refractivity (Wildman–Crippen MR) is 84.2 cm³/mol. The number of imide groups is 1. The van der Waals surface area contributed by atoms with E-state index >= 15 is 0 Å². The number of unbranched alkanes of at least 4 members (excludes halogenated alkanes) is 1. The second-order valence-electron chi connectivity index (χ2n) is 5.70. The number of likely N-dealkylation sites (N-methyl/N-ethyl adjacent to an activating group) is 1. The van der Waals surface area contributed by atoms with Crippen LogP contribution in [0.4, 0.5) is 4.79 Å². The van der Waals surface area contributed by atoms with E-state index in [2.05, 4.69) is 27.8 Å². The Labute approximate surface area is 128 Å². The third-order valence-corrected chi connectivity index (χ3v) is 3.80. The van der Waals surface area contributed by atoms with Crippen LogP contribution in [0.15, 0.2) is 0 Å². The summed E-state index contributed by atoms with van der Waals surface area (Å²) in [6.45, 7) is 8.86. The molecule has 1 heterocycles. The summed E-state index contributed by atoms with van der Waals surface area (Å²) in [4.78, 5) is 25.5. The summed E-state index contributed by atoms with van der Waals surface area (Å²) < 4.78 is 0. The fourth-order valence-corrected chi connectivity index (χ4v) is 2.54. The van der Waals surface area contributed by atoms with Crippen LogP contribution in [0.3, 0.4) is 0 Å². The van der Waals surface area contributed by atoms with Gasteiger partial charge in [-0.25, -0.2) is 4.79 Å². The summed E-state index contributed by atoms with van der Waals surface area (Å²) in [6.07, 6.45) is 4.36. The standard InChI is InChI=1S/C15H30N4O2/c1-3-5-9-17-15(21)18-14(20)12-19(4-2)11-13-7-6-8-16-10-13/h13,16H,3-12H2,1-2H3,(H2,17,18,20,21). The smallest absolute Gasteiger partial charge is 0.321 e. The maximum absolute atomic E-state index is 11.9. The summed E-state index contributed by atoms with van der Waals surface area (Å²) in [5, 5.41) is 8.47. The quantitative estimate of drug-likeness (QED) is 0.583. The van der Waals surface area contributed by atoms with Crippen LogP contribution in [0.25, 0.3) is 0 Å². The number of hydrogen-bond donors (Lipinski definition) is 3. The van der Waals surface area contributed by atoms with Crippen molar-refractivity contribution in [3.8, 4) is 0 Å². The number of rotatable bonds is 8. The SMILES string of the molecule is CCCCNC(=O)NC(=O)CN(CC)CC1CCCNC1. The van der Waals surface area contributed by atoms with E-state index in [0.29, 0.717) is 12.5 Å². The Morgan fingerprint density at radius 1 is 1.33 bits per heavy atom. The largest absolute Gasteiger partial charge is 0.338 e. The second-order valence-corrected chi connectivity index (χ2v) is 5.70.